The van der Waals surface area contributed by atoms with Crippen molar-refractivity contribution in [2.24, 2.45) is 10.6 Å². The van der Waals surface area contributed by atoms with Gasteiger partial charge in [0.15, 0.2) is 0 Å². The summed E-state index contributed by atoms with van der Waals surface area (Å²) in [7, 11) is 0. The van der Waals surface area contributed by atoms with Crippen molar-refractivity contribution >= 4 is 5.71 Å². The van der Waals surface area contributed by atoms with Crippen LogP contribution >= 0.6 is 0 Å². The van der Waals surface area contributed by atoms with Gasteiger partial charge in [-0.25, -0.2) is 0 Å². The van der Waals surface area contributed by atoms with Crippen molar-refractivity contribution in [3.05, 3.63) is 35.4 Å². The Kier molecular flexibility index (Phi) is 4.20. The molecule has 1 N–H and O–H groups in total. The first kappa shape index (κ1) is 14.7. The number of hydrogen-bond acceptors (Lipinski definition) is 2. The van der Waals surface area contributed by atoms with Gasteiger partial charge in [0.1, 0.15) is 0 Å². The van der Waals surface area contributed by atoms with E-state index in [2.05, 4.69) is 52.8 Å². The summed E-state index contributed by atoms with van der Waals surface area (Å²) in [6, 6.07) is 8.19. The molecule has 0 spiro atoms. The smallest absolute Gasteiger partial charge is 0.0875 e. The highest BCUT2D eigenvalue weighted by Gasteiger charge is 2.23. The van der Waals surface area contributed by atoms with Crippen LogP contribution in [-0.2, 0) is 5.41 Å². The van der Waals surface area contributed by atoms with Gasteiger partial charge in [-0.2, -0.15) is 0 Å². The average Bonchev–Trinajstić information content (AvgIpc) is 2.23. The first-order valence-electron chi connectivity index (χ1n) is 6.46. The summed E-state index contributed by atoms with van der Waals surface area (Å²) in [5.74, 6) is 0. The summed E-state index contributed by atoms with van der Waals surface area (Å²) in [4.78, 5) is 0. The van der Waals surface area contributed by atoms with Crippen molar-refractivity contribution in [1.29, 1.82) is 0 Å². The second-order valence-electron chi connectivity index (χ2n) is 7.08. The molecule has 100 valence electrons. The number of nitrogens with zero attached hydrogens (tertiary/aromatic N) is 1. The van der Waals surface area contributed by atoms with E-state index in [4.69, 9.17) is 0 Å². The predicted octanol–water partition coefficient (Wildman–Crippen LogP) is 4.60. The minimum atomic E-state index is 0.0460. The van der Waals surface area contributed by atoms with Crippen LogP contribution in [0.25, 0.3) is 0 Å². The highest BCUT2D eigenvalue weighted by Crippen LogP contribution is 2.29. The largest absolute Gasteiger partial charge is 0.411 e. The molecule has 2 heteroatoms. The standard InChI is InChI=1S/C16H25NO/c1-15(2,3)11-14(17-18)12-9-7-8-10-13(12)16(4,5)6/h7-10,18H,11H2,1-6H3/b17-14+. The van der Waals surface area contributed by atoms with E-state index in [9.17, 15) is 5.21 Å². The zero-order valence-electron chi connectivity index (χ0n) is 12.4. The Bertz CT molecular complexity index is 433. The van der Waals surface area contributed by atoms with Crippen LogP contribution in [0.2, 0.25) is 0 Å². The summed E-state index contributed by atoms with van der Waals surface area (Å²) < 4.78 is 0. The van der Waals surface area contributed by atoms with Gasteiger partial charge >= 0.3 is 0 Å². The summed E-state index contributed by atoms with van der Waals surface area (Å²) in [5, 5.41) is 12.9. The monoisotopic (exact) mass is 247 g/mol. The Hall–Kier alpha value is -1.31. The second-order valence-corrected chi connectivity index (χ2v) is 7.08. The van der Waals surface area contributed by atoms with Crippen LogP contribution in [0.4, 0.5) is 0 Å². The predicted molar refractivity (Wildman–Crippen MR) is 77.5 cm³/mol. The van der Waals surface area contributed by atoms with Crippen molar-refractivity contribution < 1.29 is 5.21 Å². The highest BCUT2D eigenvalue weighted by atomic mass is 16.4. The van der Waals surface area contributed by atoms with Crippen LogP contribution < -0.4 is 0 Å². The molecule has 0 saturated carbocycles. The molecule has 0 heterocycles. The Morgan fingerprint density at radius 1 is 1.06 bits per heavy atom. The molecule has 1 rings (SSSR count). The molecule has 0 aromatic heterocycles. The molecule has 1 aromatic rings. The van der Waals surface area contributed by atoms with E-state index in [1.165, 1.54) is 5.56 Å². The van der Waals surface area contributed by atoms with Crippen LogP contribution in [0.1, 0.15) is 59.1 Å². The van der Waals surface area contributed by atoms with Crippen LogP contribution in [0.5, 0.6) is 0 Å². The lowest BCUT2D eigenvalue weighted by Gasteiger charge is -2.25. The summed E-state index contributed by atoms with van der Waals surface area (Å²) >= 11 is 0. The van der Waals surface area contributed by atoms with Crippen molar-refractivity contribution in [2.75, 3.05) is 0 Å². The van der Waals surface area contributed by atoms with Crippen LogP contribution in [-0.4, -0.2) is 10.9 Å². The maximum Gasteiger partial charge on any atom is 0.0875 e. The van der Waals surface area contributed by atoms with Gasteiger partial charge in [-0.3, -0.25) is 0 Å². The molecule has 0 aliphatic heterocycles. The lowest BCUT2D eigenvalue weighted by atomic mass is 9.79. The van der Waals surface area contributed by atoms with E-state index in [-0.39, 0.29) is 10.8 Å². The van der Waals surface area contributed by atoms with E-state index in [1.54, 1.807) is 0 Å². The molecule has 1 aromatic carbocycles. The third-order valence-electron chi connectivity index (χ3n) is 2.86. The average molecular weight is 247 g/mol. The molecule has 0 fully saturated rings. The maximum absolute atomic E-state index is 9.32. The zero-order valence-corrected chi connectivity index (χ0v) is 12.4. The Morgan fingerprint density at radius 3 is 2.06 bits per heavy atom. The van der Waals surface area contributed by atoms with Gasteiger partial charge in [0.05, 0.1) is 5.71 Å². The van der Waals surface area contributed by atoms with Crippen LogP contribution in [0, 0.1) is 5.41 Å². The quantitative estimate of drug-likeness (QED) is 0.462. The van der Waals surface area contributed by atoms with Gasteiger partial charge in [-0.1, -0.05) is 71.0 Å². The molecule has 0 bridgehead atoms. The van der Waals surface area contributed by atoms with Gasteiger partial charge in [0.2, 0.25) is 0 Å². The number of benzene rings is 1. The van der Waals surface area contributed by atoms with Gasteiger partial charge in [-0.05, 0) is 22.8 Å². The van der Waals surface area contributed by atoms with E-state index >= 15 is 0 Å². The molecule has 0 unspecified atom stereocenters. The molecule has 0 aliphatic carbocycles. The van der Waals surface area contributed by atoms with Crippen molar-refractivity contribution in [3.63, 3.8) is 0 Å². The SMILES string of the molecule is CC(C)(C)C/C(=N\O)c1ccccc1C(C)(C)C. The van der Waals surface area contributed by atoms with Crippen molar-refractivity contribution in [1.82, 2.24) is 0 Å². The number of oxime groups is 1. The fourth-order valence-electron chi connectivity index (χ4n) is 2.08. The Labute approximate surface area is 111 Å². The zero-order chi connectivity index (χ0) is 14.0. The van der Waals surface area contributed by atoms with E-state index in [1.807, 2.05) is 18.2 Å². The lowest BCUT2D eigenvalue weighted by molar-refractivity contribution is 0.313. The fourth-order valence-corrected chi connectivity index (χ4v) is 2.08. The highest BCUT2D eigenvalue weighted by molar-refractivity contribution is 6.02. The van der Waals surface area contributed by atoms with Gasteiger partial charge < -0.3 is 5.21 Å². The van der Waals surface area contributed by atoms with Gasteiger partial charge in [-0.15, -0.1) is 0 Å². The Morgan fingerprint density at radius 2 is 1.61 bits per heavy atom. The third-order valence-corrected chi connectivity index (χ3v) is 2.86. The van der Waals surface area contributed by atoms with E-state index in [0.29, 0.717) is 0 Å². The molecule has 0 atom stereocenters. The molecule has 2 nitrogen and oxygen atoms in total. The third kappa shape index (κ3) is 3.86. The Balaban J connectivity index is 3.24. The second kappa shape index (κ2) is 5.13. The first-order chi connectivity index (χ1) is 8.15. The topological polar surface area (TPSA) is 32.6 Å². The minimum absolute atomic E-state index is 0.0460. The molecular formula is C16H25NO. The van der Waals surface area contributed by atoms with Crippen LogP contribution in [0.3, 0.4) is 0 Å². The van der Waals surface area contributed by atoms with Gasteiger partial charge in [0, 0.05) is 5.56 Å². The van der Waals surface area contributed by atoms with E-state index < -0.39 is 0 Å². The number of hydrogen-bond donors (Lipinski definition) is 1. The van der Waals surface area contributed by atoms with Crippen molar-refractivity contribution in [2.45, 2.75) is 53.4 Å². The molecule has 0 aliphatic rings. The normalized spacial score (nSPS) is 13.8. The number of rotatable bonds is 2. The van der Waals surface area contributed by atoms with E-state index in [0.717, 1.165) is 17.7 Å². The maximum atomic E-state index is 9.32. The minimum Gasteiger partial charge on any atom is -0.411 e. The molecule has 0 amide bonds. The molecular weight excluding hydrogens is 222 g/mol. The summed E-state index contributed by atoms with van der Waals surface area (Å²) in [6.45, 7) is 13.0. The molecule has 0 radical (unpaired) electrons. The lowest BCUT2D eigenvalue weighted by Crippen LogP contribution is -2.20. The molecule has 18 heavy (non-hydrogen) atoms. The van der Waals surface area contributed by atoms with Gasteiger partial charge in [0.25, 0.3) is 0 Å². The summed E-state index contributed by atoms with van der Waals surface area (Å²) in [6.07, 6.45) is 0.761. The molecule has 0 saturated heterocycles. The van der Waals surface area contributed by atoms with Crippen molar-refractivity contribution in [3.8, 4) is 0 Å². The summed E-state index contributed by atoms with van der Waals surface area (Å²) in [5.41, 5.74) is 3.20. The van der Waals surface area contributed by atoms with Crippen LogP contribution in [0.15, 0.2) is 29.4 Å². The first-order valence-corrected chi connectivity index (χ1v) is 6.46. The fraction of sp³-hybridized carbons (Fsp3) is 0.562.